The van der Waals surface area contributed by atoms with Crippen molar-refractivity contribution in [1.29, 1.82) is 0 Å². The van der Waals surface area contributed by atoms with Gasteiger partial charge in [-0.3, -0.25) is 9.59 Å². The lowest BCUT2D eigenvalue weighted by molar-refractivity contribution is -0.115. The Labute approximate surface area is 146 Å². The van der Waals surface area contributed by atoms with Crippen LogP contribution in [-0.4, -0.2) is 23.1 Å². The first-order valence-corrected chi connectivity index (χ1v) is 9.84. The zero-order valence-electron chi connectivity index (χ0n) is 13.8. The molecule has 4 aliphatic carbocycles. The van der Waals surface area contributed by atoms with Gasteiger partial charge >= 0.3 is 0 Å². The molecule has 128 valence electrons. The second kappa shape index (κ2) is 6.10. The van der Waals surface area contributed by atoms with Gasteiger partial charge in [0.1, 0.15) is 0 Å². The number of primary amides is 1. The van der Waals surface area contributed by atoms with E-state index in [2.05, 4.69) is 5.32 Å². The fraction of sp³-hybridized carbons (Fsp3) is 0.579. The van der Waals surface area contributed by atoms with Crippen LogP contribution in [0.1, 0.15) is 48.9 Å². The zero-order chi connectivity index (χ0) is 16.7. The number of carbonyl (C=O) groups is 2. The van der Waals surface area contributed by atoms with Crippen LogP contribution in [0.4, 0.5) is 0 Å². The number of carbonyl (C=O) groups excluding carboxylic acids is 2. The van der Waals surface area contributed by atoms with E-state index in [0.717, 1.165) is 41.9 Å². The molecule has 0 spiro atoms. The number of hydrogen-bond donors (Lipinski definition) is 2. The Hall–Kier alpha value is -1.49. The first kappa shape index (κ1) is 16.0. The Kier molecular flexibility index (Phi) is 4.07. The Balaban J connectivity index is 1.51. The van der Waals surface area contributed by atoms with Crippen LogP contribution in [0.25, 0.3) is 0 Å². The lowest BCUT2D eigenvalue weighted by atomic mass is 9.53. The van der Waals surface area contributed by atoms with E-state index in [1.807, 2.05) is 24.3 Å². The molecule has 3 N–H and O–H groups in total. The Morgan fingerprint density at radius 3 is 2.25 bits per heavy atom. The molecule has 0 atom stereocenters. The number of rotatable bonds is 5. The summed E-state index contributed by atoms with van der Waals surface area (Å²) in [6.45, 7) is 0. The summed E-state index contributed by atoms with van der Waals surface area (Å²) in [4.78, 5) is 24.8. The van der Waals surface area contributed by atoms with Gasteiger partial charge in [0.05, 0.1) is 11.3 Å². The van der Waals surface area contributed by atoms with E-state index in [1.54, 1.807) is 0 Å². The van der Waals surface area contributed by atoms with Crippen molar-refractivity contribution in [1.82, 2.24) is 5.32 Å². The van der Waals surface area contributed by atoms with Crippen LogP contribution in [0.15, 0.2) is 29.2 Å². The summed E-state index contributed by atoms with van der Waals surface area (Å²) in [5.74, 6) is 2.24. The van der Waals surface area contributed by atoms with Crippen LogP contribution in [0.2, 0.25) is 0 Å². The summed E-state index contributed by atoms with van der Waals surface area (Å²) in [5, 5.41) is 3.40. The fourth-order valence-electron chi connectivity index (χ4n) is 5.50. The summed E-state index contributed by atoms with van der Waals surface area (Å²) in [6.07, 6.45) is 7.50. The predicted molar refractivity (Wildman–Crippen MR) is 94.7 cm³/mol. The Morgan fingerprint density at radius 1 is 1.08 bits per heavy atom. The van der Waals surface area contributed by atoms with E-state index in [9.17, 15) is 9.59 Å². The van der Waals surface area contributed by atoms with E-state index in [4.69, 9.17) is 5.73 Å². The summed E-state index contributed by atoms with van der Waals surface area (Å²) in [6, 6.07) is 7.51. The number of nitrogens with two attached hydrogens (primary N) is 1. The summed E-state index contributed by atoms with van der Waals surface area (Å²) in [5.41, 5.74) is 5.91. The molecule has 4 aliphatic rings. The van der Waals surface area contributed by atoms with Crippen molar-refractivity contribution in [3.63, 3.8) is 0 Å². The van der Waals surface area contributed by atoms with Crippen LogP contribution < -0.4 is 11.1 Å². The van der Waals surface area contributed by atoms with Gasteiger partial charge in [0.15, 0.2) is 0 Å². The van der Waals surface area contributed by atoms with Crippen molar-refractivity contribution in [2.24, 2.45) is 23.5 Å². The van der Waals surface area contributed by atoms with Crippen molar-refractivity contribution in [2.45, 2.75) is 49.0 Å². The molecule has 4 saturated carbocycles. The van der Waals surface area contributed by atoms with Crippen LogP contribution in [0, 0.1) is 17.8 Å². The van der Waals surface area contributed by atoms with Gasteiger partial charge in [0.25, 0.3) is 5.91 Å². The number of hydrogen-bond acceptors (Lipinski definition) is 3. The van der Waals surface area contributed by atoms with E-state index >= 15 is 0 Å². The van der Waals surface area contributed by atoms with Gasteiger partial charge in [-0.05, 0) is 68.4 Å². The van der Waals surface area contributed by atoms with Crippen molar-refractivity contribution < 1.29 is 9.59 Å². The van der Waals surface area contributed by atoms with Gasteiger partial charge in [-0.1, -0.05) is 12.1 Å². The van der Waals surface area contributed by atoms with Crippen LogP contribution >= 0.6 is 11.8 Å². The molecule has 0 heterocycles. The van der Waals surface area contributed by atoms with Crippen LogP contribution in [0.5, 0.6) is 0 Å². The van der Waals surface area contributed by atoms with E-state index in [0.29, 0.717) is 5.56 Å². The highest BCUT2D eigenvalue weighted by atomic mass is 32.2. The molecule has 0 aromatic heterocycles. The molecular weight excluding hydrogens is 320 g/mol. The molecule has 1 aromatic carbocycles. The average molecular weight is 344 g/mol. The number of nitrogens with one attached hydrogen (secondary N) is 1. The third kappa shape index (κ3) is 3.06. The quantitative estimate of drug-likeness (QED) is 0.807. The van der Waals surface area contributed by atoms with Gasteiger partial charge in [0, 0.05) is 10.4 Å². The summed E-state index contributed by atoms with van der Waals surface area (Å²) < 4.78 is 0. The van der Waals surface area contributed by atoms with Crippen molar-refractivity contribution in [3.05, 3.63) is 29.8 Å². The molecule has 4 fully saturated rings. The molecule has 1 aromatic rings. The lowest BCUT2D eigenvalue weighted by Crippen LogP contribution is -2.59. The van der Waals surface area contributed by atoms with Crippen molar-refractivity contribution in [3.8, 4) is 0 Å². The zero-order valence-corrected chi connectivity index (χ0v) is 14.6. The largest absolute Gasteiger partial charge is 0.369 e. The standard InChI is InChI=1S/C19H24N2O2S/c20-17(22)11-24-16-4-2-1-3-15(16)18(23)21-19-8-12-5-13(9-19)7-14(6-12)10-19/h1-4,12-14H,5-11H2,(H2,20,22)(H,21,23). The van der Waals surface area contributed by atoms with Gasteiger partial charge in [-0.2, -0.15) is 0 Å². The first-order chi connectivity index (χ1) is 11.5. The SMILES string of the molecule is NC(=O)CSc1ccccc1C(=O)NC12CC3CC(CC(C3)C1)C2. The fourth-order valence-corrected chi connectivity index (χ4v) is 6.29. The van der Waals surface area contributed by atoms with E-state index in [-0.39, 0.29) is 23.1 Å². The molecule has 2 amide bonds. The van der Waals surface area contributed by atoms with E-state index < -0.39 is 0 Å². The van der Waals surface area contributed by atoms with E-state index in [1.165, 1.54) is 31.0 Å². The number of benzene rings is 1. The second-order valence-corrected chi connectivity index (χ2v) is 8.92. The van der Waals surface area contributed by atoms with Gasteiger partial charge < -0.3 is 11.1 Å². The number of amides is 2. The molecule has 24 heavy (non-hydrogen) atoms. The predicted octanol–water partition coefficient (Wildman–Crippen LogP) is 2.96. The maximum Gasteiger partial charge on any atom is 0.252 e. The average Bonchev–Trinajstić information content (AvgIpc) is 2.51. The molecule has 5 rings (SSSR count). The molecule has 4 bridgehead atoms. The van der Waals surface area contributed by atoms with Crippen LogP contribution in [-0.2, 0) is 4.79 Å². The molecule has 5 heteroatoms. The second-order valence-electron chi connectivity index (χ2n) is 7.90. The van der Waals surface area contributed by atoms with Crippen molar-refractivity contribution >= 4 is 23.6 Å². The Bertz CT molecular complexity index is 638. The Morgan fingerprint density at radius 2 is 1.67 bits per heavy atom. The minimum Gasteiger partial charge on any atom is -0.369 e. The molecular formula is C19H24N2O2S. The molecule has 4 nitrogen and oxygen atoms in total. The smallest absolute Gasteiger partial charge is 0.252 e. The highest BCUT2D eigenvalue weighted by molar-refractivity contribution is 8.00. The summed E-state index contributed by atoms with van der Waals surface area (Å²) in [7, 11) is 0. The van der Waals surface area contributed by atoms with Gasteiger partial charge in [-0.25, -0.2) is 0 Å². The minimum atomic E-state index is -0.365. The molecule has 0 saturated heterocycles. The third-order valence-corrected chi connectivity index (χ3v) is 7.01. The molecule has 0 unspecified atom stereocenters. The van der Waals surface area contributed by atoms with Crippen molar-refractivity contribution in [2.75, 3.05) is 5.75 Å². The summed E-state index contributed by atoms with van der Waals surface area (Å²) >= 11 is 1.34. The number of thioether (sulfide) groups is 1. The topological polar surface area (TPSA) is 72.2 Å². The highest BCUT2D eigenvalue weighted by Gasteiger charge is 2.51. The monoisotopic (exact) mass is 344 g/mol. The molecule has 0 radical (unpaired) electrons. The lowest BCUT2D eigenvalue weighted by Gasteiger charge is -2.56. The minimum absolute atomic E-state index is 0.00419. The first-order valence-electron chi connectivity index (χ1n) is 8.86. The maximum absolute atomic E-state index is 13.0. The highest BCUT2D eigenvalue weighted by Crippen LogP contribution is 2.55. The molecule has 0 aliphatic heterocycles. The normalized spacial score (nSPS) is 33.4. The maximum atomic E-state index is 13.0. The van der Waals surface area contributed by atoms with Crippen LogP contribution in [0.3, 0.4) is 0 Å². The van der Waals surface area contributed by atoms with Gasteiger partial charge in [-0.15, -0.1) is 11.8 Å². The van der Waals surface area contributed by atoms with Gasteiger partial charge in [0.2, 0.25) is 5.91 Å². The third-order valence-electron chi connectivity index (χ3n) is 5.92.